The van der Waals surface area contributed by atoms with Crippen molar-refractivity contribution in [2.45, 2.75) is 12.8 Å². The van der Waals surface area contributed by atoms with Crippen LogP contribution in [0.15, 0.2) is 78.6 Å². The highest BCUT2D eigenvalue weighted by Crippen LogP contribution is 2.34. The maximum atomic E-state index is 9.55. The van der Waals surface area contributed by atoms with E-state index < -0.39 is 0 Å². The van der Waals surface area contributed by atoms with Crippen LogP contribution < -0.4 is 16.2 Å². The van der Waals surface area contributed by atoms with E-state index in [1.165, 1.54) is 0 Å². The molecule has 0 bridgehead atoms. The number of hydrogen-bond acceptors (Lipinski definition) is 5. The van der Waals surface area contributed by atoms with Crippen LogP contribution >= 0.6 is 0 Å². The zero-order valence-corrected chi connectivity index (χ0v) is 16.3. The molecule has 0 aliphatic heterocycles. The zero-order chi connectivity index (χ0) is 21.1. The van der Waals surface area contributed by atoms with Gasteiger partial charge in [0, 0.05) is 12.0 Å². The molecule has 0 saturated carbocycles. The average molecular weight is 398 g/mol. The molecule has 150 valence electrons. The fourth-order valence-corrected chi connectivity index (χ4v) is 3.45. The van der Waals surface area contributed by atoms with Crippen molar-refractivity contribution >= 4 is 17.2 Å². The Morgan fingerprint density at radius 1 is 1.00 bits per heavy atom. The van der Waals surface area contributed by atoms with Crippen LogP contribution in [-0.4, -0.2) is 15.9 Å². The van der Waals surface area contributed by atoms with Crippen LogP contribution in [-0.2, 0) is 0 Å². The standard InChI is InChI=1S/C24H22N4O2/c25-23(26)22-20(14-21(28-24(22)27)16-6-10-17(29)11-7-16)15-8-12-19(13-9-15)30-18-4-2-1-3-5-18/h1-8,10-12,14,29H,9,13H2,(H3,25,26)(H2,27,28). The summed E-state index contributed by atoms with van der Waals surface area (Å²) < 4.78 is 5.93. The summed E-state index contributed by atoms with van der Waals surface area (Å²) in [5, 5.41) is 17.5. The molecule has 6 N–H and O–H groups in total. The van der Waals surface area contributed by atoms with E-state index in [0.717, 1.165) is 41.1 Å². The van der Waals surface area contributed by atoms with Crippen molar-refractivity contribution in [1.29, 1.82) is 5.41 Å². The summed E-state index contributed by atoms with van der Waals surface area (Å²) >= 11 is 0. The Morgan fingerprint density at radius 3 is 2.37 bits per heavy atom. The highest BCUT2D eigenvalue weighted by atomic mass is 16.5. The minimum absolute atomic E-state index is 0.122. The normalized spacial score (nSPS) is 13.3. The van der Waals surface area contributed by atoms with Crippen LogP contribution in [0, 0.1) is 5.41 Å². The molecule has 6 heteroatoms. The molecular weight excluding hydrogens is 376 g/mol. The number of phenols is 1. The van der Waals surface area contributed by atoms with Crippen molar-refractivity contribution in [2.24, 2.45) is 5.73 Å². The number of pyridine rings is 1. The van der Waals surface area contributed by atoms with Crippen LogP contribution in [0.25, 0.3) is 16.8 Å². The molecule has 6 nitrogen and oxygen atoms in total. The summed E-state index contributed by atoms with van der Waals surface area (Å²) in [7, 11) is 0. The molecule has 0 radical (unpaired) electrons. The fourth-order valence-electron chi connectivity index (χ4n) is 3.45. The Bertz CT molecular complexity index is 1150. The lowest BCUT2D eigenvalue weighted by molar-refractivity contribution is 0.404. The van der Waals surface area contributed by atoms with E-state index in [0.29, 0.717) is 11.3 Å². The van der Waals surface area contributed by atoms with Gasteiger partial charge in [-0.05, 0) is 66.1 Å². The summed E-state index contributed by atoms with van der Waals surface area (Å²) in [6.07, 6.45) is 5.35. The van der Waals surface area contributed by atoms with Gasteiger partial charge in [-0.2, -0.15) is 0 Å². The van der Waals surface area contributed by atoms with Crippen molar-refractivity contribution in [3.05, 3.63) is 89.7 Å². The number of anilines is 1. The number of hydrogen-bond donors (Lipinski definition) is 4. The molecule has 1 aliphatic rings. The lowest BCUT2D eigenvalue weighted by Gasteiger charge is -2.19. The first-order valence-corrected chi connectivity index (χ1v) is 9.58. The van der Waals surface area contributed by atoms with Crippen LogP contribution in [0.2, 0.25) is 0 Å². The summed E-state index contributed by atoms with van der Waals surface area (Å²) in [4.78, 5) is 4.43. The first-order chi connectivity index (χ1) is 14.5. The number of ether oxygens (including phenoxy) is 1. The quantitative estimate of drug-likeness (QED) is 0.374. The minimum atomic E-state index is -0.122. The number of phenolic OH excluding ortho intramolecular Hbond substituents is 1. The molecule has 0 fully saturated rings. The van der Waals surface area contributed by atoms with Gasteiger partial charge in [0.1, 0.15) is 28.9 Å². The van der Waals surface area contributed by atoms with Crippen molar-refractivity contribution < 1.29 is 9.84 Å². The van der Waals surface area contributed by atoms with E-state index in [4.69, 9.17) is 21.6 Å². The fraction of sp³-hybridized carbons (Fsp3) is 0.0833. The van der Waals surface area contributed by atoms with E-state index in [2.05, 4.69) is 4.98 Å². The number of aromatic hydroxyl groups is 1. The number of nitrogen functional groups attached to an aromatic ring is 2. The smallest absolute Gasteiger partial charge is 0.135 e. The molecule has 1 aliphatic carbocycles. The number of nitrogens with two attached hydrogens (primary N) is 2. The lowest BCUT2D eigenvalue weighted by Crippen LogP contribution is -2.18. The Morgan fingerprint density at radius 2 is 1.73 bits per heavy atom. The first kappa shape index (κ1) is 19.3. The number of rotatable bonds is 5. The minimum Gasteiger partial charge on any atom is -0.508 e. The first-order valence-electron chi connectivity index (χ1n) is 9.58. The van der Waals surface area contributed by atoms with Crippen molar-refractivity contribution in [3.8, 4) is 22.8 Å². The average Bonchev–Trinajstić information content (AvgIpc) is 2.75. The number of para-hydroxylation sites is 1. The lowest BCUT2D eigenvalue weighted by atomic mass is 9.91. The maximum Gasteiger partial charge on any atom is 0.135 e. The van der Waals surface area contributed by atoms with E-state index in [9.17, 15) is 5.11 Å². The van der Waals surface area contributed by atoms with Crippen molar-refractivity contribution in [3.63, 3.8) is 0 Å². The predicted molar refractivity (Wildman–Crippen MR) is 119 cm³/mol. The highest BCUT2D eigenvalue weighted by molar-refractivity contribution is 6.04. The van der Waals surface area contributed by atoms with Gasteiger partial charge < -0.3 is 21.3 Å². The van der Waals surface area contributed by atoms with Gasteiger partial charge >= 0.3 is 0 Å². The van der Waals surface area contributed by atoms with Crippen molar-refractivity contribution in [2.75, 3.05) is 5.73 Å². The number of nitrogens with one attached hydrogen (secondary N) is 1. The summed E-state index contributed by atoms with van der Waals surface area (Å²) in [5.41, 5.74) is 15.7. The predicted octanol–water partition coefficient (Wildman–Crippen LogP) is 4.46. The van der Waals surface area contributed by atoms with Crippen LogP contribution in [0.5, 0.6) is 11.5 Å². The topological polar surface area (TPSA) is 118 Å². The second kappa shape index (κ2) is 8.13. The Labute approximate surface area is 174 Å². The number of aromatic nitrogens is 1. The molecule has 1 aromatic heterocycles. The van der Waals surface area contributed by atoms with Gasteiger partial charge in [-0.3, -0.25) is 5.41 Å². The molecule has 4 rings (SSSR count). The van der Waals surface area contributed by atoms with Crippen LogP contribution in [0.1, 0.15) is 24.0 Å². The van der Waals surface area contributed by atoms with Crippen LogP contribution in [0.4, 0.5) is 5.82 Å². The molecule has 3 aromatic rings. The Balaban J connectivity index is 1.72. The van der Waals surface area contributed by atoms with E-state index in [1.54, 1.807) is 24.3 Å². The summed E-state index contributed by atoms with van der Waals surface area (Å²) in [6.45, 7) is 0. The molecule has 0 amide bonds. The van der Waals surface area contributed by atoms with Gasteiger partial charge in [-0.15, -0.1) is 0 Å². The number of nitrogens with zero attached hydrogens (tertiary/aromatic N) is 1. The Kier molecular flexibility index (Phi) is 5.22. The molecule has 0 atom stereocenters. The van der Waals surface area contributed by atoms with Gasteiger partial charge in [-0.1, -0.05) is 24.3 Å². The highest BCUT2D eigenvalue weighted by Gasteiger charge is 2.19. The number of allylic oxidation sites excluding steroid dienone is 4. The monoisotopic (exact) mass is 398 g/mol. The molecule has 0 unspecified atom stereocenters. The van der Waals surface area contributed by atoms with Gasteiger partial charge in [0.25, 0.3) is 0 Å². The van der Waals surface area contributed by atoms with Crippen LogP contribution in [0.3, 0.4) is 0 Å². The number of benzene rings is 2. The van der Waals surface area contributed by atoms with E-state index in [-0.39, 0.29) is 17.4 Å². The molecule has 30 heavy (non-hydrogen) atoms. The molecule has 0 spiro atoms. The van der Waals surface area contributed by atoms with Gasteiger partial charge in [-0.25, -0.2) is 4.98 Å². The third kappa shape index (κ3) is 4.03. The molecule has 1 heterocycles. The zero-order valence-electron chi connectivity index (χ0n) is 16.3. The molecule has 2 aromatic carbocycles. The van der Waals surface area contributed by atoms with E-state index in [1.807, 2.05) is 48.6 Å². The molecule has 0 saturated heterocycles. The SMILES string of the molecule is N=C(N)c1c(C2=CC=C(Oc3ccccc3)CC2)cc(-c2ccc(O)cc2)nc1N. The maximum absolute atomic E-state index is 9.55. The second-order valence-electron chi connectivity index (χ2n) is 7.02. The van der Waals surface area contributed by atoms with Gasteiger partial charge in [0.05, 0.1) is 11.3 Å². The second-order valence-corrected chi connectivity index (χ2v) is 7.02. The summed E-state index contributed by atoms with van der Waals surface area (Å²) in [5.74, 6) is 1.93. The van der Waals surface area contributed by atoms with Gasteiger partial charge in [0.2, 0.25) is 0 Å². The third-order valence-corrected chi connectivity index (χ3v) is 4.93. The third-order valence-electron chi connectivity index (χ3n) is 4.93. The van der Waals surface area contributed by atoms with Gasteiger partial charge in [0.15, 0.2) is 0 Å². The summed E-state index contributed by atoms with van der Waals surface area (Å²) in [6, 6.07) is 18.3. The number of amidine groups is 1. The molecular formula is C24H22N4O2. The Hall–Kier alpha value is -4.06. The van der Waals surface area contributed by atoms with Crippen molar-refractivity contribution in [1.82, 2.24) is 4.98 Å². The largest absolute Gasteiger partial charge is 0.508 e. The van der Waals surface area contributed by atoms with E-state index >= 15 is 0 Å².